The minimum absolute atomic E-state index is 0.0141. The van der Waals surface area contributed by atoms with Crippen LogP contribution in [0.5, 0.6) is 11.5 Å². The molecule has 0 saturated heterocycles. The summed E-state index contributed by atoms with van der Waals surface area (Å²) in [5, 5.41) is 13.6. The van der Waals surface area contributed by atoms with Crippen molar-refractivity contribution in [1.29, 1.82) is 0 Å². The molecule has 2 aromatic heterocycles. The number of hydrogen-bond acceptors (Lipinski definition) is 4. The van der Waals surface area contributed by atoms with Crippen LogP contribution >= 0.6 is 0 Å². The molecule has 5 heteroatoms. The van der Waals surface area contributed by atoms with Gasteiger partial charge in [-0.25, -0.2) is 0 Å². The SMILES string of the molecule is CCCCc1ccc(CCc2ccc(O)c(OCC(NC)c3cc(C(C)C)c[nH]3)c2)o1. The van der Waals surface area contributed by atoms with Gasteiger partial charge >= 0.3 is 0 Å². The van der Waals surface area contributed by atoms with E-state index in [4.69, 9.17) is 9.15 Å². The van der Waals surface area contributed by atoms with Crippen LogP contribution in [0.1, 0.15) is 73.9 Å². The molecule has 0 fully saturated rings. The molecule has 1 unspecified atom stereocenters. The summed E-state index contributed by atoms with van der Waals surface area (Å²) in [4.78, 5) is 3.34. The van der Waals surface area contributed by atoms with Crippen molar-refractivity contribution in [2.75, 3.05) is 13.7 Å². The lowest BCUT2D eigenvalue weighted by Crippen LogP contribution is -2.23. The minimum atomic E-state index is 0.0141. The molecule has 0 spiro atoms. The normalized spacial score (nSPS) is 12.4. The summed E-state index contributed by atoms with van der Waals surface area (Å²) in [6.45, 7) is 6.96. The molecule has 0 aliphatic rings. The third-order valence-electron chi connectivity index (χ3n) is 5.70. The zero-order valence-corrected chi connectivity index (χ0v) is 19.2. The molecule has 31 heavy (non-hydrogen) atoms. The molecule has 3 N–H and O–H groups in total. The Hall–Kier alpha value is -2.66. The summed E-state index contributed by atoms with van der Waals surface area (Å²) in [7, 11) is 1.92. The van der Waals surface area contributed by atoms with Gasteiger partial charge in [-0.1, -0.05) is 33.3 Å². The lowest BCUT2D eigenvalue weighted by Gasteiger charge is -2.17. The first-order valence-corrected chi connectivity index (χ1v) is 11.4. The van der Waals surface area contributed by atoms with Crippen molar-refractivity contribution in [2.24, 2.45) is 0 Å². The van der Waals surface area contributed by atoms with Crippen molar-refractivity contribution < 1.29 is 14.3 Å². The van der Waals surface area contributed by atoms with E-state index in [1.54, 1.807) is 6.07 Å². The van der Waals surface area contributed by atoms with E-state index in [1.165, 1.54) is 12.0 Å². The molecule has 168 valence electrons. The first-order chi connectivity index (χ1) is 15.0. The molecule has 0 bridgehead atoms. The molecule has 0 aliphatic heterocycles. The van der Waals surface area contributed by atoms with Crippen LogP contribution in [0.25, 0.3) is 0 Å². The van der Waals surface area contributed by atoms with E-state index in [0.717, 1.165) is 48.5 Å². The number of likely N-dealkylation sites (N-methyl/N-ethyl adjacent to an activating group) is 1. The molecule has 0 saturated carbocycles. The summed E-state index contributed by atoms with van der Waals surface area (Å²) in [5.41, 5.74) is 3.47. The third-order valence-corrected chi connectivity index (χ3v) is 5.70. The third kappa shape index (κ3) is 6.41. The highest BCUT2D eigenvalue weighted by atomic mass is 16.5. The zero-order chi connectivity index (χ0) is 22.2. The first-order valence-electron chi connectivity index (χ1n) is 11.4. The number of unbranched alkanes of at least 4 members (excludes halogenated alkanes) is 1. The van der Waals surface area contributed by atoms with Gasteiger partial charge < -0.3 is 24.6 Å². The van der Waals surface area contributed by atoms with Gasteiger partial charge in [0.1, 0.15) is 18.1 Å². The molecule has 1 aromatic carbocycles. The van der Waals surface area contributed by atoms with Crippen LogP contribution in [0.4, 0.5) is 0 Å². The van der Waals surface area contributed by atoms with E-state index in [0.29, 0.717) is 18.3 Å². The number of phenolic OH excluding ortho intramolecular Hbond substituents is 1. The number of nitrogens with one attached hydrogen (secondary N) is 2. The van der Waals surface area contributed by atoms with E-state index >= 15 is 0 Å². The van der Waals surface area contributed by atoms with Crippen LogP contribution in [0.3, 0.4) is 0 Å². The Kier molecular flexibility index (Phi) is 8.24. The summed E-state index contributed by atoms with van der Waals surface area (Å²) in [6, 6.07) is 11.9. The highest BCUT2D eigenvalue weighted by Crippen LogP contribution is 2.29. The maximum atomic E-state index is 10.3. The fraction of sp³-hybridized carbons (Fsp3) is 0.462. The number of aromatic amines is 1. The minimum Gasteiger partial charge on any atom is -0.504 e. The van der Waals surface area contributed by atoms with Gasteiger partial charge in [-0.15, -0.1) is 0 Å². The lowest BCUT2D eigenvalue weighted by atomic mass is 10.1. The molecular weight excluding hydrogens is 388 g/mol. The second-order valence-corrected chi connectivity index (χ2v) is 8.47. The molecule has 0 aliphatic carbocycles. The Balaban J connectivity index is 1.59. The Morgan fingerprint density at radius 2 is 1.84 bits per heavy atom. The first kappa shape index (κ1) is 23.0. The van der Waals surface area contributed by atoms with Crippen molar-refractivity contribution in [3.8, 4) is 11.5 Å². The van der Waals surface area contributed by atoms with Crippen molar-refractivity contribution in [1.82, 2.24) is 10.3 Å². The Morgan fingerprint density at radius 1 is 1.06 bits per heavy atom. The van der Waals surface area contributed by atoms with Crippen LogP contribution in [-0.4, -0.2) is 23.7 Å². The lowest BCUT2D eigenvalue weighted by molar-refractivity contribution is 0.259. The second-order valence-electron chi connectivity index (χ2n) is 8.47. The van der Waals surface area contributed by atoms with Gasteiger partial charge in [0.05, 0.1) is 6.04 Å². The van der Waals surface area contributed by atoms with Crippen LogP contribution in [-0.2, 0) is 19.3 Å². The molecule has 3 rings (SSSR count). The number of ether oxygens (including phenoxy) is 1. The van der Waals surface area contributed by atoms with Crippen molar-refractivity contribution in [2.45, 2.75) is 64.8 Å². The maximum Gasteiger partial charge on any atom is 0.161 e. The monoisotopic (exact) mass is 424 g/mol. The van der Waals surface area contributed by atoms with Gasteiger partial charge in [0, 0.05) is 24.7 Å². The zero-order valence-electron chi connectivity index (χ0n) is 19.2. The van der Waals surface area contributed by atoms with Gasteiger partial charge in [-0.05, 0) is 67.3 Å². The smallest absolute Gasteiger partial charge is 0.161 e. The van der Waals surface area contributed by atoms with Crippen LogP contribution in [0, 0.1) is 0 Å². The molecule has 0 amide bonds. The number of aromatic hydroxyl groups is 1. The fourth-order valence-electron chi connectivity index (χ4n) is 3.61. The predicted octanol–water partition coefficient (Wildman–Crippen LogP) is 5.90. The molecule has 3 aromatic rings. The number of rotatable bonds is 12. The molecule has 2 heterocycles. The predicted molar refractivity (Wildman–Crippen MR) is 125 cm³/mol. The summed E-state index contributed by atoms with van der Waals surface area (Å²) in [5.74, 6) is 3.21. The van der Waals surface area contributed by atoms with Gasteiger partial charge in [0.25, 0.3) is 0 Å². The maximum absolute atomic E-state index is 10.3. The average Bonchev–Trinajstić information content (AvgIpc) is 3.43. The number of hydrogen-bond donors (Lipinski definition) is 3. The van der Waals surface area contributed by atoms with Gasteiger partial charge in [0.15, 0.2) is 11.5 Å². The number of phenols is 1. The summed E-state index contributed by atoms with van der Waals surface area (Å²) >= 11 is 0. The quantitative estimate of drug-likeness (QED) is 0.338. The Morgan fingerprint density at radius 3 is 2.52 bits per heavy atom. The molecular formula is C26H36N2O3. The number of H-pyrrole nitrogens is 1. The number of furan rings is 1. The topological polar surface area (TPSA) is 70.4 Å². The molecule has 1 atom stereocenters. The molecule has 0 radical (unpaired) electrons. The van der Waals surface area contributed by atoms with Crippen LogP contribution < -0.4 is 10.1 Å². The van der Waals surface area contributed by atoms with Crippen molar-refractivity contribution >= 4 is 0 Å². The standard InChI is InChI=1S/C26H36N2O3/c1-5-6-7-21-11-12-22(31-21)10-8-19-9-13-25(29)26(14-19)30-17-24(27-4)23-15-20(16-28-23)18(2)3/h9,11-16,18,24,27-29H,5-8,10,17H2,1-4H3. The van der Waals surface area contributed by atoms with E-state index < -0.39 is 0 Å². The molecule has 5 nitrogen and oxygen atoms in total. The average molecular weight is 425 g/mol. The number of aromatic nitrogens is 1. The summed E-state index contributed by atoms with van der Waals surface area (Å²) < 4.78 is 11.9. The van der Waals surface area contributed by atoms with Crippen LogP contribution in [0.15, 0.2) is 47.0 Å². The Bertz CT molecular complexity index is 942. The van der Waals surface area contributed by atoms with E-state index in [1.807, 2.05) is 25.4 Å². The number of aryl methyl sites for hydroxylation is 3. The number of benzene rings is 1. The highest BCUT2D eigenvalue weighted by Gasteiger charge is 2.15. The highest BCUT2D eigenvalue weighted by molar-refractivity contribution is 5.42. The van der Waals surface area contributed by atoms with Crippen molar-refractivity contribution in [3.63, 3.8) is 0 Å². The summed E-state index contributed by atoms with van der Waals surface area (Å²) in [6.07, 6.45) is 7.03. The van der Waals surface area contributed by atoms with Gasteiger partial charge in [0.2, 0.25) is 0 Å². The van der Waals surface area contributed by atoms with Gasteiger partial charge in [-0.3, -0.25) is 0 Å². The van der Waals surface area contributed by atoms with E-state index in [-0.39, 0.29) is 11.8 Å². The van der Waals surface area contributed by atoms with Gasteiger partial charge in [-0.2, -0.15) is 0 Å². The fourth-order valence-corrected chi connectivity index (χ4v) is 3.61. The van der Waals surface area contributed by atoms with E-state index in [9.17, 15) is 5.11 Å². The van der Waals surface area contributed by atoms with Crippen molar-refractivity contribution in [3.05, 3.63) is 70.9 Å². The van der Waals surface area contributed by atoms with Crippen LogP contribution in [0.2, 0.25) is 0 Å². The van der Waals surface area contributed by atoms with E-state index in [2.05, 4.69) is 49.3 Å². The second kappa shape index (κ2) is 11.1. The Labute approximate surface area is 185 Å². The largest absolute Gasteiger partial charge is 0.504 e.